The molecule has 1 saturated heterocycles. The van der Waals surface area contributed by atoms with E-state index in [2.05, 4.69) is 31.0 Å². The normalized spacial score (nSPS) is 18.8. The fraction of sp³-hybridized carbons (Fsp3) is 0.600. The zero-order valence-electron chi connectivity index (χ0n) is 12.4. The number of nitro groups is 1. The highest BCUT2D eigenvalue weighted by atomic mass is 16.6. The summed E-state index contributed by atoms with van der Waals surface area (Å²) in [5.74, 6) is 0. The molecule has 20 heavy (non-hydrogen) atoms. The fourth-order valence-corrected chi connectivity index (χ4v) is 3.04. The third-order valence-electron chi connectivity index (χ3n) is 3.77. The Labute approximate surface area is 120 Å². The fourth-order valence-electron chi connectivity index (χ4n) is 3.04. The second-order valence-corrected chi connectivity index (χ2v) is 6.37. The van der Waals surface area contributed by atoms with Gasteiger partial charge in [-0.25, -0.2) is 0 Å². The first-order chi connectivity index (χ1) is 9.41. The smallest absolute Gasteiger partial charge is 0.274 e. The maximum Gasteiger partial charge on any atom is 0.274 e. The molecule has 1 heterocycles. The minimum Gasteiger partial charge on any atom is -0.314 e. The van der Waals surface area contributed by atoms with Gasteiger partial charge in [-0.3, -0.25) is 15.0 Å². The van der Waals surface area contributed by atoms with Crippen LogP contribution in [0.1, 0.15) is 32.4 Å². The van der Waals surface area contributed by atoms with E-state index in [1.807, 2.05) is 12.1 Å². The number of benzene rings is 1. The van der Waals surface area contributed by atoms with Gasteiger partial charge in [0.25, 0.3) is 5.69 Å². The molecule has 1 fully saturated rings. The van der Waals surface area contributed by atoms with Crippen LogP contribution in [0.4, 0.5) is 5.69 Å². The van der Waals surface area contributed by atoms with E-state index in [9.17, 15) is 10.1 Å². The highest BCUT2D eigenvalue weighted by Crippen LogP contribution is 2.41. The lowest BCUT2D eigenvalue weighted by Gasteiger charge is -2.42. The lowest BCUT2D eigenvalue weighted by atomic mass is 9.80. The van der Waals surface area contributed by atoms with E-state index in [1.54, 1.807) is 12.1 Å². The van der Waals surface area contributed by atoms with Gasteiger partial charge >= 0.3 is 0 Å². The first-order valence-corrected chi connectivity index (χ1v) is 7.09. The first kappa shape index (κ1) is 14.9. The molecule has 1 aromatic carbocycles. The molecule has 0 saturated carbocycles. The van der Waals surface area contributed by atoms with E-state index in [4.69, 9.17) is 0 Å². The molecular formula is C15H23N3O2. The summed E-state index contributed by atoms with van der Waals surface area (Å²) in [6.45, 7) is 10.2. The van der Waals surface area contributed by atoms with Crippen molar-refractivity contribution >= 4 is 5.69 Å². The number of nitrogens with one attached hydrogen (secondary N) is 1. The summed E-state index contributed by atoms with van der Waals surface area (Å²) < 4.78 is 0. The zero-order chi connectivity index (χ0) is 14.8. The quantitative estimate of drug-likeness (QED) is 0.681. The largest absolute Gasteiger partial charge is 0.314 e. The van der Waals surface area contributed by atoms with E-state index in [1.165, 1.54) is 0 Å². The molecule has 0 amide bonds. The average molecular weight is 277 g/mol. The van der Waals surface area contributed by atoms with Crippen molar-refractivity contribution in [3.8, 4) is 0 Å². The van der Waals surface area contributed by atoms with Crippen molar-refractivity contribution in [2.45, 2.75) is 26.8 Å². The number of para-hydroxylation sites is 1. The summed E-state index contributed by atoms with van der Waals surface area (Å²) in [5.41, 5.74) is 1.00. The van der Waals surface area contributed by atoms with Crippen LogP contribution in [0, 0.1) is 15.5 Å². The molecular weight excluding hydrogens is 254 g/mol. The van der Waals surface area contributed by atoms with Crippen LogP contribution in [0.25, 0.3) is 0 Å². The molecule has 110 valence electrons. The maximum absolute atomic E-state index is 11.3. The van der Waals surface area contributed by atoms with E-state index >= 15 is 0 Å². The van der Waals surface area contributed by atoms with Crippen LogP contribution in [0.2, 0.25) is 0 Å². The van der Waals surface area contributed by atoms with Gasteiger partial charge in [0.1, 0.15) is 0 Å². The highest BCUT2D eigenvalue weighted by Gasteiger charge is 2.36. The second kappa shape index (κ2) is 5.89. The summed E-state index contributed by atoms with van der Waals surface area (Å²) >= 11 is 0. The van der Waals surface area contributed by atoms with Crippen molar-refractivity contribution in [1.29, 1.82) is 0 Å². The Morgan fingerprint density at radius 1 is 1.25 bits per heavy atom. The lowest BCUT2D eigenvalue weighted by Crippen LogP contribution is -2.48. The number of hydrogen-bond donors (Lipinski definition) is 1. The Kier molecular flexibility index (Phi) is 4.40. The molecule has 5 nitrogen and oxygen atoms in total. The first-order valence-electron chi connectivity index (χ1n) is 7.09. The number of rotatable bonds is 3. The van der Waals surface area contributed by atoms with Gasteiger partial charge in [-0.2, -0.15) is 0 Å². The minimum absolute atomic E-state index is 0.0521. The summed E-state index contributed by atoms with van der Waals surface area (Å²) in [5, 5.41) is 14.6. The molecule has 0 aliphatic carbocycles. The van der Waals surface area contributed by atoms with Crippen molar-refractivity contribution < 1.29 is 4.92 Å². The van der Waals surface area contributed by atoms with E-state index in [0.717, 1.165) is 31.7 Å². The molecule has 2 rings (SSSR count). The van der Waals surface area contributed by atoms with Crippen LogP contribution in [0.3, 0.4) is 0 Å². The molecule has 1 aliphatic heterocycles. The van der Waals surface area contributed by atoms with Crippen molar-refractivity contribution in [1.82, 2.24) is 10.2 Å². The maximum atomic E-state index is 11.3. The number of nitrogens with zero attached hydrogens (tertiary/aromatic N) is 2. The van der Waals surface area contributed by atoms with Gasteiger partial charge in [0.2, 0.25) is 0 Å². The van der Waals surface area contributed by atoms with Gasteiger partial charge in [-0.1, -0.05) is 39.0 Å². The summed E-state index contributed by atoms with van der Waals surface area (Å²) in [6.07, 6.45) is 0. The molecule has 0 bridgehead atoms. The number of piperazine rings is 1. The Hall–Kier alpha value is -1.46. The van der Waals surface area contributed by atoms with E-state index in [-0.39, 0.29) is 22.1 Å². The molecule has 1 N–H and O–H groups in total. The van der Waals surface area contributed by atoms with Gasteiger partial charge < -0.3 is 5.32 Å². The van der Waals surface area contributed by atoms with Gasteiger partial charge in [-0.05, 0) is 5.41 Å². The Morgan fingerprint density at radius 3 is 2.40 bits per heavy atom. The van der Waals surface area contributed by atoms with Gasteiger partial charge in [-0.15, -0.1) is 0 Å². The molecule has 0 aromatic heterocycles. The molecule has 5 heteroatoms. The van der Waals surface area contributed by atoms with Crippen LogP contribution in [0.15, 0.2) is 24.3 Å². The van der Waals surface area contributed by atoms with Crippen LogP contribution >= 0.6 is 0 Å². The monoisotopic (exact) mass is 277 g/mol. The van der Waals surface area contributed by atoms with Crippen LogP contribution in [-0.2, 0) is 0 Å². The molecule has 1 aliphatic rings. The highest BCUT2D eigenvalue weighted by molar-refractivity contribution is 5.43. The van der Waals surface area contributed by atoms with E-state index in [0.29, 0.717) is 0 Å². The van der Waals surface area contributed by atoms with Gasteiger partial charge in [0.05, 0.1) is 4.92 Å². The Balaban J connectivity index is 2.44. The molecule has 1 atom stereocenters. The van der Waals surface area contributed by atoms with Crippen LogP contribution in [-0.4, -0.2) is 36.0 Å². The van der Waals surface area contributed by atoms with Gasteiger partial charge in [0, 0.05) is 43.9 Å². The van der Waals surface area contributed by atoms with Crippen molar-refractivity contribution in [3.05, 3.63) is 39.9 Å². The Bertz CT molecular complexity index is 476. The van der Waals surface area contributed by atoms with Crippen molar-refractivity contribution in [3.63, 3.8) is 0 Å². The van der Waals surface area contributed by atoms with Crippen LogP contribution < -0.4 is 5.32 Å². The summed E-state index contributed by atoms with van der Waals surface area (Å²) in [6, 6.07) is 7.19. The molecule has 0 radical (unpaired) electrons. The zero-order valence-corrected chi connectivity index (χ0v) is 12.4. The number of hydrogen-bond acceptors (Lipinski definition) is 4. The standard InChI is InChI=1S/C15H23N3O2/c1-15(2,3)14(17-10-8-16-9-11-17)12-6-4-5-7-13(12)18(19)20/h4-7,14,16H,8-11H2,1-3H3/t14-/m0/s1. The van der Waals surface area contributed by atoms with Crippen molar-refractivity contribution in [2.24, 2.45) is 5.41 Å². The summed E-state index contributed by atoms with van der Waals surface area (Å²) in [7, 11) is 0. The predicted molar refractivity (Wildman–Crippen MR) is 79.7 cm³/mol. The third kappa shape index (κ3) is 3.16. The molecule has 1 aromatic rings. The second-order valence-electron chi connectivity index (χ2n) is 6.37. The lowest BCUT2D eigenvalue weighted by molar-refractivity contribution is -0.386. The minimum atomic E-state index is -0.268. The van der Waals surface area contributed by atoms with Crippen molar-refractivity contribution in [2.75, 3.05) is 26.2 Å². The average Bonchev–Trinajstić information content (AvgIpc) is 2.39. The molecule has 0 unspecified atom stereocenters. The number of nitro benzene ring substituents is 1. The topological polar surface area (TPSA) is 58.4 Å². The summed E-state index contributed by atoms with van der Waals surface area (Å²) in [4.78, 5) is 13.4. The molecule has 0 spiro atoms. The SMILES string of the molecule is CC(C)(C)[C@H](c1ccccc1[N+](=O)[O-])N1CCNCC1. The van der Waals surface area contributed by atoms with E-state index < -0.39 is 0 Å². The Morgan fingerprint density at radius 2 is 1.85 bits per heavy atom. The van der Waals surface area contributed by atoms with Crippen LogP contribution in [0.5, 0.6) is 0 Å². The van der Waals surface area contributed by atoms with Gasteiger partial charge in [0.15, 0.2) is 0 Å². The third-order valence-corrected chi connectivity index (χ3v) is 3.77. The predicted octanol–water partition coefficient (Wildman–Crippen LogP) is 2.59.